The molecule has 0 saturated carbocycles. The normalized spacial score (nSPS) is 13.0. The van der Waals surface area contributed by atoms with E-state index in [4.69, 9.17) is 10.5 Å². The number of nitriles is 2. The van der Waals surface area contributed by atoms with E-state index in [0.29, 0.717) is 0 Å². The molecule has 0 spiro atoms. The maximum atomic E-state index is 8.83. The Kier molecular flexibility index (Phi) is 3.96. The molecule has 1 aliphatic rings. The fourth-order valence-corrected chi connectivity index (χ4v) is 3.70. The van der Waals surface area contributed by atoms with E-state index in [-0.39, 0.29) is 5.57 Å². The monoisotopic (exact) mass is 305 g/mol. The van der Waals surface area contributed by atoms with E-state index in [1.807, 2.05) is 18.2 Å². The minimum atomic E-state index is 0.139. The van der Waals surface area contributed by atoms with E-state index >= 15 is 0 Å². The van der Waals surface area contributed by atoms with Crippen LogP contribution in [0.15, 0.2) is 35.9 Å². The van der Waals surface area contributed by atoms with Gasteiger partial charge in [0.05, 0.1) is 0 Å². The molecule has 1 aromatic heterocycles. The van der Waals surface area contributed by atoms with Crippen LogP contribution in [0.5, 0.6) is 0 Å². The molecule has 22 heavy (non-hydrogen) atoms. The molecule has 0 unspecified atom stereocenters. The van der Waals surface area contributed by atoms with Crippen molar-refractivity contribution < 1.29 is 0 Å². The highest BCUT2D eigenvalue weighted by Crippen LogP contribution is 2.34. The number of hydrogen-bond donors (Lipinski definition) is 0. The summed E-state index contributed by atoms with van der Waals surface area (Å²) in [5, 5.41) is 17.7. The van der Waals surface area contributed by atoms with E-state index in [2.05, 4.69) is 36.2 Å². The van der Waals surface area contributed by atoms with Gasteiger partial charge >= 0.3 is 0 Å². The van der Waals surface area contributed by atoms with Crippen LogP contribution in [-0.2, 0) is 6.42 Å². The molecular formula is C18H15N3S. The highest BCUT2D eigenvalue weighted by molar-refractivity contribution is 7.16. The summed E-state index contributed by atoms with van der Waals surface area (Å²) in [5.74, 6) is 0. The van der Waals surface area contributed by atoms with Crippen LogP contribution < -0.4 is 4.90 Å². The van der Waals surface area contributed by atoms with Gasteiger partial charge in [0.15, 0.2) is 0 Å². The molecule has 0 atom stereocenters. The van der Waals surface area contributed by atoms with Gasteiger partial charge in [0.25, 0.3) is 0 Å². The summed E-state index contributed by atoms with van der Waals surface area (Å²) in [5.41, 5.74) is 4.06. The summed E-state index contributed by atoms with van der Waals surface area (Å²) in [6.45, 7) is 1.12. The highest BCUT2D eigenvalue weighted by atomic mass is 32.1. The molecule has 2 heterocycles. The second kappa shape index (κ2) is 6.05. The lowest BCUT2D eigenvalue weighted by Gasteiger charge is -2.27. The zero-order valence-corrected chi connectivity index (χ0v) is 13.2. The number of allylic oxidation sites excluding steroid dienone is 1. The molecule has 0 aliphatic carbocycles. The lowest BCUT2D eigenvalue weighted by molar-refractivity contribution is 0.745. The van der Waals surface area contributed by atoms with Crippen molar-refractivity contribution in [3.05, 3.63) is 46.3 Å². The van der Waals surface area contributed by atoms with Crippen LogP contribution in [0.1, 0.15) is 16.9 Å². The molecule has 0 N–H and O–H groups in total. The fourth-order valence-electron chi connectivity index (χ4n) is 2.76. The number of aryl methyl sites for hydroxylation is 1. The number of hydrogen-bond acceptors (Lipinski definition) is 4. The third-order valence-electron chi connectivity index (χ3n) is 3.87. The minimum absolute atomic E-state index is 0.139. The maximum absolute atomic E-state index is 8.83. The molecule has 0 fully saturated rings. The molecule has 0 radical (unpaired) electrons. The molecule has 2 aromatic rings. The Morgan fingerprint density at radius 1 is 1.23 bits per heavy atom. The molecule has 1 aromatic carbocycles. The Morgan fingerprint density at radius 2 is 2.05 bits per heavy atom. The van der Waals surface area contributed by atoms with Crippen molar-refractivity contribution in [3.8, 4) is 22.6 Å². The van der Waals surface area contributed by atoms with Crippen molar-refractivity contribution in [2.24, 2.45) is 0 Å². The van der Waals surface area contributed by atoms with Crippen LogP contribution in [0.4, 0.5) is 5.69 Å². The highest BCUT2D eigenvalue weighted by Gasteiger charge is 2.14. The van der Waals surface area contributed by atoms with Crippen molar-refractivity contribution in [1.29, 1.82) is 10.5 Å². The van der Waals surface area contributed by atoms with Gasteiger partial charge in [-0.3, -0.25) is 0 Å². The number of nitrogens with zero attached hydrogens (tertiary/aromatic N) is 3. The van der Waals surface area contributed by atoms with Crippen LogP contribution in [0.3, 0.4) is 0 Å². The van der Waals surface area contributed by atoms with E-state index in [1.165, 1.54) is 23.2 Å². The first-order valence-corrected chi connectivity index (χ1v) is 7.99. The third kappa shape index (κ3) is 2.74. The van der Waals surface area contributed by atoms with E-state index in [9.17, 15) is 0 Å². The Labute approximate surface area is 134 Å². The molecule has 0 amide bonds. The maximum Gasteiger partial charge on any atom is 0.131 e. The van der Waals surface area contributed by atoms with Gasteiger partial charge in [-0.15, -0.1) is 11.3 Å². The Morgan fingerprint density at radius 3 is 2.82 bits per heavy atom. The summed E-state index contributed by atoms with van der Waals surface area (Å²) >= 11 is 1.60. The van der Waals surface area contributed by atoms with E-state index < -0.39 is 0 Å². The number of anilines is 1. The molecule has 108 valence electrons. The molecule has 0 saturated heterocycles. The van der Waals surface area contributed by atoms with Gasteiger partial charge in [-0.25, -0.2) is 0 Å². The number of thiophene rings is 1. The van der Waals surface area contributed by atoms with Crippen molar-refractivity contribution in [2.75, 3.05) is 18.5 Å². The summed E-state index contributed by atoms with van der Waals surface area (Å²) in [4.78, 5) is 4.40. The summed E-state index contributed by atoms with van der Waals surface area (Å²) in [6, 6.07) is 14.4. The molecule has 3 nitrogen and oxygen atoms in total. The van der Waals surface area contributed by atoms with Crippen molar-refractivity contribution >= 4 is 23.1 Å². The van der Waals surface area contributed by atoms with Gasteiger partial charge < -0.3 is 4.90 Å². The van der Waals surface area contributed by atoms with Gasteiger partial charge in [0.2, 0.25) is 0 Å². The van der Waals surface area contributed by atoms with Crippen LogP contribution >= 0.6 is 11.3 Å². The third-order valence-corrected chi connectivity index (χ3v) is 4.95. The second-order valence-corrected chi connectivity index (χ2v) is 6.47. The summed E-state index contributed by atoms with van der Waals surface area (Å²) in [7, 11) is 2.14. The lowest BCUT2D eigenvalue weighted by Crippen LogP contribution is -2.24. The Balaban J connectivity index is 1.93. The predicted octanol–water partition coefficient (Wildman–Crippen LogP) is 4.23. The van der Waals surface area contributed by atoms with Gasteiger partial charge in [-0.1, -0.05) is 6.07 Å². The van der Waals surface area contributed by atoms with E-state index in [1.54, 1.807) is 17.4 Å². The van der Waals surface area contributed by atoms with Crippen LogP contribution in [-0.4, -0.2) is 13.6 Å². The van der Waals surface area contributed by atoms with Gasteiger partial charge in [0.1, 0.15) is 17.7 Å². The zero-order valence-electron chi connectivity index (χ0n) is 12.3. The quantitative estimate of drug-likeness (QED) is 0.780. The van der Waals surface area contributed by atoms with Gasteiger partial charge in [-0.05, 0) is 54.3 Å². The average molecular weight is 305 g/mol. The molecular weight excluding hydrogens is 290 g/mol. The predicted molar refractivity (Wildman–Crippen MR) is 90.5 cm³/mol. The fraction of sp³-hybridized carbons (Fsp3) is 0.222. The van der Waals surface area contributed by atoms with Crippen LogP contribution in [0.2, 0.25) is 0 Å². The van der Waals surface area contributed by atoms with Crippen LogP contribution in [0.25, 0.3) is 16.5 Å². The standard InChI is InChI=1S/C18H15N3S/c1-21-8-2-3-14-10-15(4-6-17(14)21)18-7-5-16(22-18)9-13(11-19)12-20/h4-7,9-10H,2-3,8H2,1H3. The lowest BCUT2D eigenvalue weighted by atomic mass is 9.99. The van der Waals surface area contributed by atoms with Gasteiger partial charge in [-0.2, -0.15) is 10.5 Å². The smallest absolute Gasteiger partial charge is 0.131 e. The van der Waals surface area contributed by atoms with E-state index in [0.717, 1.165) is 22.7 Å². The molecule has 1 aliphatic heterocycles. The molecule has 4 heteroatoms. The van der Waals surface area contributed by atoms with Crippen LogP contribution in [0, 0.1) is 22.7 Å². The summed E-state index contributed by atoms with van der Waals surface area (Å²) < 4.78 is 0. The SMILES string of the molecule is CN1CCCc2cc(-c3ccc(C=C(C#N)C#N)s3)ccc21. The zero-order chi connectivity index (χ0) is 15.5. The first-order valence-electron chi connectivity index (χ1n) is 7.17. The number of fused-ring (bicyclic) bond motifs is 1. The number of benzene rings is 1. The van der Waals surface area contributed by atoms with Gasteiger partial charge in [0, 0.05) is 29.0 Å². The number of rotatable bonds is 2. The first-order chi connectivity index (χ1) is 10.7. The van der Waals surface area contributed by atoms with Crippen molar-refractivity contribution in [3.63, 3.8) is 0 Å². The van der Waals surface area contributed by atoms with Crippen molar-refractivity contribution in [1.82, 2.24) is 0 Å². The largest absolute Gasteiger partial charge is 0.374 e. The first kappa shape index (κ1) is 14.4. The molecule has 0 bridgehead atoms. The average Bonchev–Trinajstić information content (AvgIpc) is 3.01. The topological polar surface area (TPSA) is 50.8 Å². The Hall–Kier alpha value is -2.56. The minimum Gasteiger partial charge on any atom is -0.374 e. The summed E-state index contributed by atoms with van der Waals surface area (Å²) in [6.07, 6.45) is 3.96. The second-order valence-electron chi connectivity index (χ2n) is 5.35. The molecule has 3 rings (SSSR count). The van der Waals surface area contributed by atoms with Crippen molar-refractivity contribution in [2.45, 2.75) is 12.8 Å². The Bertz CT molecular complexity index is 802.